The van der Waals surface area contributed by atoms with E-state index < -0.39 is 12.1 Å². The molecular weight excluding hydrogens is 244 g/mol. The minimum absolute atomic E-state index is 0.0236. The van der Waals surface area contributed by atoms with Crippen LogP contribution in [0.2, 0.25) is 5.02 Å². The third kappa shape index (κ3) is 4.24. The van der Waals surface area contributed by atoms with Gasteiger partial charge >= 0.3 is 5.97 Å². The molecule has 0 aliphatic heterocycles. The summed E-state index contributed by atoms with van der Waals surface area (Å²) in [5, 5.41) is 9.50. The summed E-state index contributed by atoms with van der Waals surface area (Å²) >= 11 is 5.87. The molecule has 0 radical (unpaired) electrons. The minimum atomic E-state index is -1.03. The molecule has 4 nitrogen and oxygen atoms in total. The van der Waals surface area contributed by atoms with E-state index in [2.05, 4.69) is 0 Å². The molecule has 0 spiro atoms. The summed E-state index contributed by atoms with van der Waals surface area (Å²) in [6.45, 7) is 3.90. The molecule has 0 amide bonds. The predicted molar refractivity (Wildman–Crippen MR) is 64.7 cm³/mol. The Bertz CT molecular complexity index is 392. The number of rotatable bonds is 6. The molecule has 0 aliphatic carbocycles. The van der Waals surface area contributed by atoms with Crippen molar-refractivity contribution in [3.05, 3.63) is 28.8 Å². The van der Waals surface area contributed by atoms with E-state index in [4.69, 9.17) is 26.2 Å². The predicted octanol–water partition coefficient (Wildman–Crippen LogP) is 2.52. The number of halogens is 1. The molecule has 1 aromatic rings. The number of hydrogen-bond donors (Lipinski definition) is 1. The lowest BCUT2D eigenvalue weighted by Crippen LogP contribution is -2.30. The fourth-order valence-electron chi connectivity index (χ4n) is 1.27. The van der Waals surface area contributed by atoms with Crippen molar-refractivity contribution >= 4 is 17.6 Å². The van der Waals surface area contributed by atoms with E-state index in [1.54, 1.807) is 25.1 Å². The summed E-state index contributed by atoms with van der Waals surface area (Å²) in [4.78, 5) is 10.8. The molecule has 0 heterocycles. The summed E-state index contributed by atoms with van der Waals surface area (Å²) in [6.07, 6.45) is -0.948. The molecule has 0 bridgehead atoms. The lowest BCUT2D eigenvalue weighted by atomic mass is 10.2. The smallest absolute Gasteiger partial charge is 0.336 e. The van der Waals surface area contributed by atoms with Crippen LogP contribution in [0.25, 0.3) is 0 Å². The van der Waals surface area contributed by atoms with Crippen LogP contribution in [0.1, 0.15) is 12.5 Å². The van der Waals surface area contributed by atoms with E-state index in [0.29, 0.717) is 17.4 Å². The molecule has 1 unspecified atom stereocenters. The number of benzene rings is 1. The highest BCUT2D eigenvalue weighted by Gasteiger charge is 2.18. The Kier molecular flexibility index (Phi) is 5.25. The van der Waals surface area contributed by atoms with Crippen molar-refractivity contribution in [3.63, 3.8) is 0 Å². The van der Waals surface area contributed by atoms with Crippen molar-refractivity contribution in [1.29, 1.82) is 0 Å². The first-order chi connectivity index (χ1) is 8.04. The second kappa shape index (κ2) is 6.47. The number of carboxylic acids is 1. The molecule has 0 saturated heterocycles. The molecule has 0 fully saturated rings. The van der Waals surface area contributed by atoms with Gasteiger partial charge < -0.3 is 14.6 Å². The lowest BCUT2D eigenvalue weighted by Gasteiger charge is -2.14. The third-order valence-corrected chi connectivity index (χ3v) is 2.60. The molecule has 0 aliphatic rings. The highest BCUT2D eigenvalue weighted by Crippen LogP contribution is 2.21. The van der Waals surface area contributed by atoms with Crippen LogP contribution in [0.4, 0.5) is 0 Å². The molecular formula is C12H15ClO4. The Morgan fingerprint density at radius 1 is 1.53 bits per heavy atom. The van der Waals surface area contributed by atoms with Crippen LogP contribution >= 0.6 is 11.6 Å². The quantitative estimate of drug-likeness (QED) is 0.852. The standard InChI is InChI=1S/C12H15ClO4/c1-3-16-11(12(14)15)7-17-9-4-5-10(13)8(2)6-9/h4-6,11H,3,7H2,1-2H3,(H,14,15). The maximum Gasteiger partial charge on any atom is 0.336 e. The molecule has 1 atom stereocenters. The van der Waals surface area contributed by atoms with Crippen molar-refractivity contribution in [1.82, 2.24) is 0 Å². The van der Waals surface area contributed by atoms with E-state index in [-0.39, 0.29) is 6.61 Å². The van der Waals surface area contributed by atoms with Crippen molar-refractivity contribution < 1.29 is 19.4 Å². The van der Waals surface area contributed by atoms with Crippen LogP contribution in [-0.2, 0) is 9.53 Å². The van der Waals surface area contributed by atoms with E-state index >= 15 is 0 Å². The number of carbonyl (C=O) groups is 1. The van der Waals surface area contributed by atoms with Gasteiger partial charge in [-0.1, -0.05) is 11.6 Å². The first kappa shape index (κ1) is 13.8. The number of carboxylic acid groups (broad SMARTS) is 1. The van der Waals surface area contributed by atoms with Gasteiger partial charge in [-0.15, -0.1) is 0 Å². The first-order valence-corrected chi connectivity index (χ1v) is 5.65. The van der Waals surface area contributed by atoms with Gasteiger partial charge in [0.05, 0.1) is 0 Å². The van der Waals surface area contributed by atoms with Crippen molar-refractivity contribution in [2.75, 3.05) is 13.2 Å². The van der Waals surface area contributed by atoms with Gasteiger partial charge in [-0.05, 0) is 37.6 Å². The molecule has 0 aromatic heterocycles. The van der Waals surface area contributed by atoms with Crippen LogP contribution in [0.3, 0.4) is 0 Å². The Hall–Kier alpha value is -1.26. The van der Waals surface area contributed by atoms with Crippen molar-refractivity contribution in [2.24, 2.45) is 0 Å². The zero-order valence-electron chi connectivity index (χ0n) is 9.77. The molecule has 0 saturated carbocycles. The van der Waals surface area contributed by atoms with E-state index in [0.717, 1.165) is 5.56 Å². The molecule has 1 rings (SSSR count). The van der Waals surface area contributed by atoms with Gasteiger partial charge in [-0.2, -0.15) is 0 Å². The lowest BCUT2D eigenvalue weighted by molar-refractivity contribution is -0.152. The van der Waals surface area contributed by atoms with Gasteiger partial charge in [0, 0.05) is 11.6 Å². The third-order valence-electron chi connectivity index (χ3n) is 2.17. The second-order valence-electron chi connectivity index (χ2n) is 3.50. The zero-order valence-corrected chi connectivity index (χ0v) is 10.5. The Labute approximate surface area is 105 Å². The normalized spacial score (nSPS) is 12.2. The number of ether oxygens (including phenoxy) is 2. The van der Waals surface area contributed by atoms with Gasteiger partial charge in [-0.3, -0.25) is 0 Å². The first-order valence-electron chi connectivity index (χ1n) is 5.28. The summed E-state index contributed by atoms with van der Waals surface area (Å²) in [7, 11) is 0. The Morgan fingerprint density at radius 3 is 2.76 bits per heavy atom. The summed E-state index contributed by atoms with van der Waals surface area (Å²) < 4.78 is 10.4. The summed E-state index contributed by atoms with van der Waals surface area (Å²) in [5.74, 6) is -0.449. The molecule has 94 valence electrons. The molecule has 5 heteroatoms. The van der Waals surface area contributed by atoms with Crippen LogP contribution in [-0.4, -0.2) is 30.4 Å². The Morgan fingerprint density at radius 2 is 2.24 bits per heavy atom. The fraction of sp³-hybridized carbons (Fsp3) is 0.417. The number of aliphatic carboxylic acids is 1. The summed E-state index contributed by atoms with van der Waals surface area (Å²) in [6, 6.07) is 5.16. The zero-order chi connectivity index (χ0) is 12.8. The van der Waals surface area contributed by atoms with Crippen LogP contribution in [0, 0.1) is 6.92 Å². The van der Waals surface area contributed by atoms with Crippen LogP contribution < -0.4 is 4.74 Å². The van der Waals surface area contributed by atoms with E-state index in [9.17, 15) is 4.79 Å². The molecule has 1 aromatic carbocycles. The van der Waals surface area contributed by atoms with E-state index in [1.807, 2.05) is 6.92 Å². The average molecular weight is 259 g/mol. The van der Waals surface area contributed by atoms with Gasteiger partial charge in [0.1, 0.15) is 12.4 Å². The highest BCUT2D eigenvalue weighted by molar-refractivity contribution is 6.31. The van der Waals surface area contributed by atoms with Gasteiger partial charge in [-0.25, -0.2) is 4.79 Å². The van der Waals surface area contributed by atoms with Crippen molar-refractivity contribution in [3.8, 4) is 5.75 Å². The average Bonchev–Trinajstić information content (AvgIpc) is 2.28. The monoisotopic (exact) mass is 258 g/mol. The SMILES string of the molecule is CCOC(COc1ccc(Cl)c(C)c1)C(=O)O. The van der Waals surface area contributed by atoms with Crippen molar-refractivity contribution in [2.45, 2.75) is 20.0 Å². The maximum absolute atomic E-state index is 10.8. The van der Waals surface area contributed by atoms with Crippen LogP contribution in [0.5, 0.6) is 5.75 Å². The Balaban J connectivity index is 2.59. The van der Waals surface area contributed by atoms with Gasteiger partial charge in [0.25, 0.3) is 0 Å². The molecule has 1 N–H and O–H groups in total. The minimum Gasteiger partial charge on any atom is -0.490 e. The largest absolute Gasteiger partial charge is 0.490 e. The number of aryl methyl sites for hydroxylation is 1. The number of hydrogen-bond acceptors (Lipinski definition) is 3. The summed E-state index contributed by atoms with van der Waals surface area (Å²) in [5.41, 5.74) is 0.882. The maximum atomic E-state index is 10.8. The van der Waals surface area contributed by atoms with E-state index in [1.165, 1.54) is 0 Å². The van der Waals surface area contributed by atoms with Gasteiger partial charge in [0.15, 0.2) is 6.10 Å². The second-order valence-corrected chi connectivity index (χ2v) is 3.91. The fourth-order valence-corrected chi connectivity index (χ4v) is 1.39. The molecule has 17 heavy (non-hydrogen) atoms. The topological polar surface area (TPSA) is 55.8 Å². The van der Waals surface area contributed by atoms with Gasteiger partial charge in [0.2, 0.25) is 0 Å². The van der Waals surface area contributed by atoms with Crippen LogP contribution in [0.15, 0.2) is 18.2 Å². The highest BCUT2D eigenvalue weighted by atomic mass is 35.5.